The van der Waals surface area contributed by atoms with Crippen molar-refractivity contribution in [2.75, 3.05) is 7.11 Å². The van der Waals surface area contributed by atoms with E-state index < -0.39 is 18.1 Å². The fourth-order valence-electron chi connectivity index (χ4n) is 3.23. The summed E-state index contributed by atoms with van der Waals surface area (Å²) in [5.74, 6) is -0.869. The zero-order chi connectivity index (χ0) is 19.7. The number of fused-ring (bicyclic) bond motifs is 1. The molecule has 0 N–H and O–H groups in total. The average molecular weight is 371 g/mol. The number of esters is 1. The van der Waals surface area contributed by atoms with Crippen molar-refractivity contribution in [2.45, 2.75) is 39.3 Å². The van der Waals surface area contributed by atoms with Gasteiger partial charge in [-0.05, 0) is 41.8 Å². The molecule has 9 heteroatoms. The number of benzene rings is 1. The molecule has 0 fully saturated rings. The first-order valence-electron chi connectivity index (χ1n) is 8.69. The van der Waals surface area contributed by atoms with E-state index in [1.54, 1.807) is 31.2 Å². The second-order valence-corrected chi connectivity index (χ2v) is 6.85. The highest BCUT2D eigenvalue weighted by molar-refractivity contribution is 6.21. The van der Waals surface area contributed by atoms with Gasteiger partial charge in [-0.25, -0.2) is 9.48 Å². The molecular weight excluding hydrogens is 350 g/mol. The third kappa shape index (κ3) is 3.20. The number of nitrogens with zero attached hydrogens (tertiary/aromatic N) is 5. The lowest BCUT2D eigenvalue weighted by Crippen LogP contribution is -2.37. The van der Waals surface area contributed by atoms with Gasteiger partial charge >= 0.3 is 5.97 Å². The van der Waals surface area contributed by atoms with Crippen molar-refractivity contribution in [1.82, 2.24) is 25.1 Å². The summed E-state index contributed by atoms with van der Waals surface area (Å²) in [7, 11) is 1.28. The summed E-state index contributed by atoms with van der Waals surface area (Å²) >= 11 is 0. The van der Waals surface area contributed by atoms with Gasteiger partial charge in [0.25, 0.3) is 11.8 Å². The van der Waals surface area contributed by atoms with E-state index in [1.807, 2.05) is 13.8 Å². The molecule has 142 valence electrons. The zero-order valence-corrected chi connectivity index (χ0v) is 15.6. The van der Waals surface area contributed by atoms with Gasteiger partial charge in [0.15, 0.2) is 11.9 Å². The van der Waals surface area contributed by atoms with Crippen molar-refractivity contribution in [1.29, 1.82) is 0 Å². The molecule has 0 spiro atoms. The predicted octanol–water partition coefficient (Wildman–Crippen LogP) is 1.79. The van der Waals surface area contributed by atoms with Gasteiger partial charge in [-0.3, -0.25) is 14.5 Å². The van der Waals surface area contributed by atoms with Gasteiger partial charge in [0.1, 0.15) is 6.04 Å². The Balaban J connectivity index is 2.05. The maximum Gasteiger partial charge on any atom is 0.330 e. The third-order valence-electron chi connectivity index (χ3n) is 4.56. The Bertz CT molecular complexity index is 856. The maximum absolute atomic E-state index is 12.9. The maximum atomic E-state index is 12.9. The number of methoxy groups -OCH3 is 1. The SMILES string of the molecule is COC(=O)[C@H](C)n1nnnc1C(CC(C)C)N1C(=O)c2ccccc2C1=O. The largest absolute Gasteiger partial charge is 0.467 e. The molecule has 1 unspecified atom stereocenters. The van der Waals surface area contributed by atoms with Crippen LogP contribution in [-0.2, 0) is 9.53 Å². The lowest BCUT2D eigenvalue weighted by molar-refractivity contribution is -0.144. The smallest absolute Gasteiger partial charge is 0.330 e. The minimum atomic E-state index is -0.787. The second-order valence-electron chi connectivity index (χ2n) is 6.85. The van der Waals surface area contributed by atoms with Crippen LogP contribution in [0.4, 0.5) is 0 Å². The minimum absolute atomic E-state index is 0.151. The molecule has 0 saturated carbocycles. The average Bonchev–Trinajstić information content (AvgIpc) is 3.23. The highest BCUT2D eigenvalue weighted by atomic mass is 16.5. The molecule has 1 aromatic heterocycles. The van der Waals surface area contributed by atoms with E-state index in [0.717, 1.165) is 0 Å². The van der Waals surface area contributed by atoms with Crippen LogP contribution in [0.15, 0.2) is 24.3 Å². The molecule has 2 aromatic rings. The number of carbonyl (C=O) groups is 3. The number of hydrogen-bond acceptors (Lipinski definition) is 7. The molecule has 9 nitrogen and oxygen atoms in total. The molecule has 0 saturated heterocycles. The Morgan fingerprint density at radius 1 is 1.11 bits per heavy atom. The summed E-state index contributed by atoms with van der Waals surface area (Å²) in [6, 6.07) is 5.21. The Hall–Kier alpha value is -3.10. The van der Waals surface area contributed by atoms with Crippen molar-refractivity contribution in [3.8, 4) is 0 Å². The summed E-state index contributed by atoms with van der Waals surface area (Å²) in [6.45, 7) is 5.55. The third-order valence-corrected chi connectivity index (χ3v) is 4.56. The van der Waals surface area contributed by atoms with Gasteiger partial charge in [0, 0.05) is 0 Å². The van der Waals surface area contributed by atoms with Crippen molar-refractivity contribution in [3.05, 3.63) is 41.2 Å². The monoisotopic (exact) mass is 371 g/mol. The first-order chi connectivity index (χ1) is 12.9. The van der Waals surface area contributed by atoms with Crippen LogP contribution in [0.1, 0.15) is 65.8 Å². The number of imide groups is 1. The summed E-state index contributed by atoms with van der Waals surface area (Å²) in [6.07, 6.45) is 0.458. The van der Waals surface area contributed by atoms with Crippen molar-refractivity contribution >= 4 is 17.8 Å². The Labute approximate surface area is 156 Å². The summed E-state index contributed by atoms with van der Waals surface area (Å²) < 4.78 is 6.08. The van der Waals surface area contributed by atoms with Crippen molar-refractivity contribution < 1.29 is 19.1 Å². The molecule has 0 bridgehead atoms. The Kier molecular flexibility index (Phi) is 5.02. The van der Waals surface area contributed by atoms with Crippen molar-refractivity contribution in [2.24, 2.45) is 5.92 Å². The number of aromatic nitrogens is 4. The molecule has 1 aliphatic rings. The van der Waals surface area contributed by atoms with Gasteiger partial charge in [-0.2, -0.15) is 0 Å². The molecule has 2 amide bonds. The molecule has 0 radical (unpaired) electrons. The van der Waals surface area contributed by atoms with Crippen LogP contribution < -0.4 is 0 Å². The van der Waals surface area contributed by atoms with Crippen LogP contribution in [0.25, 0.3) is 0 Å². The molecule has 2 heterocycles. The molecule has 1 aromatic carbocycles. The van der Waals surface area contributed by atoms with Crippen LogP contribution >= 0.6 is 0 Å². The van der Waals surface area contributed by atoms with E-state index in [0.29, 0.717) is 17.5 Å². The highest BCUT2D eigenvalue weighted by Crippen LogP contribution is 2.34. The molecule has 2 atom stereocenters. The van der Waals surface area contributed by atoms with E-state index >= 15 is 0 Å². The van der Waals surface area contributed by atoms with E-state index in [-0.39, 0.29) is 23.6 Å². The second kappa shape index (κ2) is 7.26. The first-order valence-corrected chi connectivity index (χ1v) is 8.69. The van der Waals surface area contributed by atoms with Gasteiger partial charge < -0.3 is 4.74 Å². The standard InChI is InChI=1S/C18H21N5O4/c1-10(2)9-14(15-19-20-21-23(15)11(3)18(26)27-4)22-16(24)12-7-5-6-8-13(12)17(22)25/h5-8,10-11,14H,9H2,1-4H3/t11-,14?/m0/s1. The van der Waals surface area contributed by atoms with Gasteiger partial charge in [0.05, 0.1) is 18.2 Å². The van der Waals surface area contributed by atoms with Crippen LogP contribution in [0.5, 0.6) is 0 Å². The molecule has 3 rings (SSSR count). The number of tetrazole rings is 1. The Morgan fingerprint density at radius 3 is 2.22 bits per heavy atom. The predicted molar refractivity (Wildman–Crippen MR) is 93.7 cm³/mol. The van der Waals surface area contributed by atoms with Crippen LogP contribution in [-0.4, -0.2) is 50.0 Å². The van der Waals surface area contributed by atoms with E-state index in [2.05, 4.69) is 15.5 Å². The highest BCUT2D eigenvalue weighted by Gasteiger charge is 2.43. The number of ether oxygens (including phenoxy) is 1. The number of amides is 2. The number of carbonyl (C=O) groups excluding carboxylic acids is 3. The lowest BCUT2D eigenvalue weighted by atomic mass is 10.0. The molecule has 0 aliphatic carbocycles. The van der Waals surface area contributed by atoms with Crippen LogP contribution in [0, 0.1) is 5.92 Å². The fraction of sp³-hybridized carbons (Fsp3) is 0.444. The van der Waals surface area contributed by atoms with Gasteiger partial charge in [-0.15, -0.1) is 5.10 Å². The first kappa shape index (κ1) is 18.7. The number of rotatable bonds is 6. The van der Waals surface area contributed by atoms with E-state index in [9.17, 15) is 14.4 Å². The van der Waals surface area contributed by atoms with Gasteiger partial charge in [0.2, 0.25) is 0 Å². The zero-order valence-electron chi connectivity index (χ0n) is 15.6. The van der Waals surface area contributed by atoms with Crippen molar-refractivity contribution in [3.63, 3.8) is 0 Å². The quantitative estimate of drug-likeness (QED) is 0.563. The summed E-state index contributed by atoms with van der Waals surface area (Å²) in [5.41, 5.74) is 0.715. The van der Waals surface area contributed by atoms with E-state index in [4.69, 9.17) is 4.74 Å². The van der Waals surface area contributed by atoms with Crippen LogP contribution in [0.2, 0.25) is 0 Å². The molecular formula is C18H21N5O4. The van der Waals surface area contributed by atoms with E-state index in [1.165, 1.54) is 16.7 Å². The van der Waals surface area contributed by atoms with Crippen LogP contribution in [0.3, 0.4) is 0 Å². The normalized spacial score (nSPS) is 15.8. The lowest BCUT2D eigenvalue weighted by Gasteiger charge is -2.27. The minimum Gasteiger partial charge on any atom is -0.467 e. The summed E-state index contributed by atoms with van der Waals surface area (Å²) in [4.78, 5) is 39.0. The topological polar surface area (TPSA) is 107 Å². The summed E-state index contributed by atoms with van der Waals surface area (Å²) in [5, 5.41) is 11.6. The van der Waals surface area contributed by atoms with Gasteiger partial charge in [-0.1, -0.05) is 26.0 Å². The molecule has 27 heavy (non-hydrogen) atoms. The number of hydrogen-bond donors (Lipinski definition) is 0. The Morgan fingerprint density at radius 2 is 1.70 bits per heavy atom. The fourth-order valence-corrected chi connectivity index (χ4v) is 3.23. The molecule has 1 aliphatic heterocycles.